The predicted molar refractivity (Wildman–Crippen MR) is 86.9 cm³/mol. The van der Waals surface area contributed by atoms with Crippen molar-refractivity contribution in [1.29, 1.82) is 5.26 Å². The summed E-state index contributed by atoms with van der Waals surface area (Å²) < 4.78 is 0. The monoisotopic (exact) mass is 289 g/mol. The molecule has 2 N–H and O–H groups in total. The summed E-state index contributed by atoms with van der Waals surface area (Å²) in [6, 6.07) is 15.1. The summed E-state index contributed by atoms with van der Waals surface area (Å²) in [7, 11) is 0. The minimum absolute atomic E-state index is 0.242. The Kier molecular flexibility index (Phi) is 3.40. The van der Waals surface area contributed by atoms with Gasteiger partial charge in [-0.15, -0.1) is 0 Å². The number of carbonyl (C=O) groups excluding carboxylic acids is 1. The zero-order valence-electron chi connectivity index (χ0n) is 12.4. The van der Waals surface area contributed by atoms with Crippen LogP contribution >= 0.6 is 0 Å². The third kappa shape index (κ3) is 2.33. The summed E-state index contributed by atoms with van der Waals surface area (Å²) in [4.78, 5) is 15.7. The molecule has 1 aromatic heterocycles. The average Bonchev–Trinajstić information content (AvgIpc) is 2.84. The van der Waals surface area contributed by atoms with Crippen LogP contribution < -0.4 is 5.32 Å². The highest BCUT2D eigenvalue weighted by Crippen LogP contribution is 2.24. The molecule has 4 heteroatoms. The van der Waals surface area contributed by atoms with Gasteiger partial charge in [0.1, 0.15) is 11.8 Å². The number of anilines is 1. The van der Waals surface area contributed by atoms with E-state index in [1.807, 2.05) is 32.0 Å². The van der Waals surface area contributed by atoms with E-state index in [2.05, 4.69) is 16.4 Å². The van der Waals surface area contributed by atoms with Crippen LogP contribution in [0.5, 0.6) is 0 Å². The molecule has 0 saturated heterocycles. The van der Waals surface area contributed by atoms with Crippen molar-refractivity contribution >= 4 is 22.5 Å². The van der Waals surface area contributed by atoms with Gasteiger partial charge >= 0.3 is 0 Å². The van der Waals surface area contributed by atoms with Crippen molar-refractivity contribution in [2.45, 2.75) is 13.8 Å². The van der Waals surface area contributed by atoms with Crippen molar-refractivity contribution in [3.63, 3.8) is 0 Å². The van der Waals surface area contributed by atoms with Crippen LogP contribution in [0.3, 0.4) is 0 Å². The average molecular weight is 289 g/mol. The van der Waals surface area contributed by atoms with Gasteiger partial charge in [-0.1, -0.05) is 24.3 Å². The molecule has 0 radical (unpaired) electrons. The molecule has 0 aliphatic heterocycles. The molecule has 0 unspecified atom stereocenters. The Balaban J connectivity index is 1.99. The van der Waals surface area contributed by atoms with Crippen LogP contribution in [-0.2, 0) is 0 Å². The SMILES string of the molecule is Cc1ccc2c(C)c(C(=O)Nc3ccccc3C#N)[nH]c2c1. The number of hydrogen-bond donors (Lipinski definition) is 2. The number of aromatic amines is 1. The van der Waals surface area contributed by atoms with Crippen molar-refractivity contribution in [3.05, 3.63) is 64.8 Å². The van der Waals surface area contributed by atoms with E-state index < -0.39 is 0 Å². The second-order valence-corrected chi connectivity index (χ2v) is 5.29. The first-order valence-corrected chi connectivity index (χ1v) is 6.99. The van der Waals surface area contributed by atoms with E-state index in [-0.39, 0.29) is 5.91 Å². The van der Waals surface area contributed by atoms with E-state index in [4.69, 9.17) is 5.26 Å². The van der Waals surface area contributed by atoms with Crippen LogP contribution in [0, 0.1) is 25.2 Å². The normalized spacial score (nSPS) is 10.4. The maximum Gasteiger partial charge on any atom is 0.272 e. The van der Waals surface area contributed by atoms with E-state index in [0.717, 1.165) is 22.0 Å². The molecule has 1 amide bonds. The lowest BCUT2D eigenvalue weighted by Crippen LogP contribution is -2.14. The number of nitrogens with one attached hydrogen (secondary N) is 2. The summed E-state index contributed by atoms with van der Waals surface area (Å²) in [5.41, 5.74) is 4.46. The Hall–Kier alpha value is -3.06. The number of para-hydroxylation sites is 1. The van der Waals surface area contributed by atoms with Crippen LogP contribution in [0.4, 0.5) is 5.69 Å². The highest BCUT2D eigenvalue weighted by molar-refractivity contribution is 6.08. The van der Waals surface area contributed by atoms with Crippen molar-refractivity contribution in [1.82, 2.24) is 4.98 Å². The predicted octanol–water partition coefficient (Wildman–Crippen LogP) is 3.91. The van der Waals surface area contributed by atoms with Crippen molar-refractivity contribution in [2.75, 3.05) is 5.32 Å². The fourth-order valence-corrected chi connectivity index (χ4v) is 2.55. The molecular formula is C18H15N3O. The maximum atomic E-state index is 12.5. The lowest BCUT2D eigenvalue weighted by Gasteiger charge is -2.06. The van der Waals surface area contributed by atoms with Gasteiger partial charge in [0.25, 0.3) is 5.91 Å². The lowest BCUT2D eigenvalue weighted by atomic mass is 10.1. The number of fused-ring (bicyclic) bond motifs is 1. The fourth-order valence-electron chi connectivity index (χ4n) is 2.55. The number of benzene rings is 2. The summed E-state index contributed by atoms with van der Waals surface area (Å²) >= 11 is 0. The molecular weight excluding hydrogens is 274 g/mol. The molecule has 0 atom stereocenters. The van der Waals surface area contributed by atoms with Crippen LogP contribution in [-0.4, -0.2) is 10.9 Å². The molecule has 0 spiro atoms. The van der Waals surface area contributed by atoms with E-state index in [0.29, 0.717) is 16.9 Å². The van der Waals surface area contributed by atoms with E-state index in [1.54, 1.807) is 24.3 Å². The van der Waals surface area contributed by atoms with E-state index in [1.165, 1.54) is 0 Å². The van der Waals surface area contributed by atoms with Gasteiger partial charge in [-0.3, -0.25) is 4.79 Å². The van der Waals surface area contributed by atoms with Crippen molar-refractivity contribution in [2.24, 2.45) is 0 Å². The minimum atomic E-state index is -0.242. The zero-order chi connectivity index (χ0) is 15.7. The molecule has 4 nitrogen and oxygen atoms in total. The molecule has 3 aromatic rings. The molecule has 1 heterocycles. The highest BCUT2D eigenvalue weighted by Gasteiger charge is 2.16. The van der Waals surface area contributed by atoms with Crippen molar-refractivity contribution in [3.8, 4) is 6.07 Å². The van der Waals surface area contributed by atoms with Gasteiger partial charge in [-0.2, -0.15) is 5.26 Å². The minimum Gasteiger partial charge on any atom is -0.350 e. The highest BCUT2D eigenvalue weighted by atomic mass is 16.1. The molecule has 2 aromatic carbocycles. The Morgan fingerprint density at radius 2 is 1.95 bits per heavy atom. The Morgan fingerprint density at radius 3 is 2.73 bits per heavy atom. The molecule has 108 valence electrons. The van der Waals surface area contributed by atoms with Crippen LogP contribution in [0.2, 0.25) is 0 Å². The Morgan fingerprint density at radius 1 is 1.18 bits per heavy atom. The van der Waals surface area contributed by atoms with Gasteiger partial charge < -0.3 is 10.3 Å². The summed E-state index contributed by atoms with van der Waals surface area (Å²) in [5.74, 6) is -0.242. The summed E-state index contributed by atoms with van der Waals surface area (Å²) in [5, 5.41) is 12.9. The molecule has 0 bridgehead atoms. The first kappa shape index (κ1) is 13.9. The van der Waals surface area contributed by atoms with Crippen molar-refractivity contribution < 1.29 is 4.79 Å². The van der Waals surface area contributed by atoms with Gasteiger partial charge in [-0.25, -0.2) is 0 Å². The number of amides is 1. The summed E-state index contributed by atoms with van der Waals surface area (Å²) in [6.07, 6.45) is 0. The molecule has 0 fully saturated rings. The largest absolute Gasteiger partial charge is 0.350 e. The quantitative estimate of drug-likeness (QED) is 0.751. The maximum absolute atomic E-state index is 12.5. The zero-order valence-corrected chi connectivity index (χ0v) is 12.4. The third-order valence-corrected chi connectivity index (χ3v) is 3.74. The van der Waals surface area contributed by atoms with Gasteiger partial charge in [0.15, 0.2) is 0 Å². The molecule has 0 saturated carbocycles. The number of carbonyl (C=O) groups is 1. The second kappa shape index (κ2) is 5.38. The second-order valence-electron chi connectivity index (χ2n) is 5.29. The standard InChI is InChI=1S/C18H15N3O/c1-11-7-8-14-12(2)17(20-16(14)9-11)18(22)21-15-6-4-3-5-13(15)10-19/h3-9,20H,1-2H3,(H,21,22). The Bertz CT molecular complexity index is 916. The van der Waals surface area contributed by atoms with Crippen LogP contribution in [0.15, 0.2) is 42.5 Å². The number of H-pyrrole nitrogens is 1. The molecule has 0 aliphatic rings. The molecule has 3 rings (SSSR count). The van der Waals surface area contributed by atoms with E-state index >= 15 is 0 Å². The number of nitriles is 1. The Labute approximate surface area is 128 Å². The van der Waals surface area contributed by atoms with Gasteiger partial charge in [0.05, 0.1) is 11.3 Å². The lowest BCUT2D eigenvalue weighted by molar-refractivity contribution is 0.102. The fraction of sp³-hybridized carbons (Fsp3) is 0.111. The van der Waals surface area contributed by atoms with E-state index in [9.17, 15) is 4.79 Å². The van der Waals surface area contributed by atoms with Crippen LogP contribution in [0.25, 0.3) is 10.9 Å². The first-order valence-electron chi connectivity index (χ1n) is 6.99. The number of nitrogens with zero attached hydrogens (tertiary/aromatic N) is 1. The first-order chi connectivity index (χ1) is 10.6. The third-order valence-electron chi connectivity index (χ3n) is 3.74. The molecule has 22 heavy (non-hydrogen) atoms. The smallest absolute Gasteiger partial charge is 0.272 e. The number of aromatic nitrogens is 1. The van der Waals surface area contributed by atoms with Gasteiger partial charge in [0, 0.05) is 10.9 Å². The topological polar surface area (TPSA) is 68.7 Å². The van der Waals surface area contributed by atoms with Gasteiger partial charge in [0.2, 0.25) is 0 Å². The number of hydrogen-bond acceptors (Lipinski definition) is 2. The molecule has 0 aliphatic carbocycles. The van der Waals surface area contributed by atoms with Gasteiger partial charge in [-0.05, 0) is 43.2 Å². The number of aryl methyl sites for hydroxylation is 2. The van der Waals surface area contributed by atoms with Crippen LogP contribution in [0.1, 0.15) is 27.2 Å². The number of rotatable bonds is 2. The summed E-state index contributed by atoms with van der Waals surface area (Å²) in [6.45, 7) is 3.93.